The molecule has 2 aromatic rings. The zero-order chi connectivity index (χ0) is 13.9. The molecule has 0 aliphatic heterocycles. The number of rotatable bonds is 2. The number of aldehydes is 1. The van der Waals surface area contributed by atoms with Crippen molar-refractivity contribution in [1.29, 1.82) is 0 Å². The van der Waals surface area contributed by atoms with Gasteiger partial charge in [0.05, 0.1) is 5.69 Å². The van der Waals surface area contributed by atoms with Crippen LogP contribution in [0.2, 0.25) is 0 Å². The molecule has 0 amide bonds. The standard InChI is InChI=1S/C18H17NO/c1-13-17(12-20)11-16-9-5-8-15(18(16)19-13)10-14-6-3-2-4-7-14/h2-4,6-7,10-12H,5,8-9H2,1H3. The van der Waals surface area contributed by atoms with E-state index in [4.69, 9.17) is 0 Å². The molecule has 0 atom stereocenters. The quantitative estimate of drug-likeness (QED) is 0.764. The number of fused-ring (bicyclic) bond motifs is 1. The van der Waals surface area contributed by atoms with E-state index >= 15 is 0 Å². The van der Waals surface area contributed by atoms with E-state index in [1.807, 2.05) is 31.2 Å². The minimum absolute atomic E-state index is 0.713. The van der Waals surface area contributed by atoms with Gasteiger partial charge in [-0.2, -0.15) is 0 Å². The smallest absolute Gasteiger partial charge is 0.151 e. The van der Waals surface area contributed by atoms with Crippen LogP contribution < -0.4 is 0 Å². The van der Waals surface area contributed by atoms with Crippen LogP contribution in [0.3, 0.4) is 0 Å². The fourth-order valence-electron chi connectivity index (χ4n) is 2.73. The number of allylic oxidation sites excluding steroid dienone is 1. The van der Waals surface area contributed by atoms with Crippen LogP contribution in [-0.2, 0) is 6.42 Å². The summed E-state index contributed by atoms with van der Waals surface area (Å²) in [4.78, 5) is 15.7. The Morgan fingerprint density at radius 1 is 1.15 bits per heavy atom. The summed E-state index contributed by atoms with van der Waals surface area (Å²) in [6, 6.07) is 12.3. The highest BCUT2D eigenvalue weighted by molar-refractivity contribution is 5.84. The molecule has 20 heavy (non-hydrogen) atoms. The molecular weight excluding hydrogens is 246 g/mol. The first-order valence-electron chi connectivity index (χ1n) is 6.99. The summed E-state index contributed by atoms with van der Waals surface area (Å²) in [5.74, 6) is 0. The highest BCUT2D eigenvalue weighted by Gasteiger charge is 2.17. The van der Waals surface area contributed by atoms with Gasteiger partial charge in [-0.3, -0.25) is 9.78 Å². The average Bonchev–Trinajstić information content (AvgIpc) is 2.48. The third-order valence-corrected chi connectivity index (χ3v) is 3.80. The molecule has 1 aliphatic carbocycles. The van der Waals surface area contributed by atoms with Crippen molar-refractivity contribution >= 4 is 17.9 Å². The summed E-state index contributed by atoms with van der Waals surface area (Å²) in [7, 11) is 0. The van der Waals surface area contributed by atoms with Crippen molar-refractivity contribution in [3.05, 3.63) is 64.5 Å². The molecule has 1 aromatic heterocycles. The molecule has 1 aliphatic rings. The van der Waals surface area contributed by atoms with E-state index in [-0.39, 0.29) is 0 Å². The Bertz CT molecular complexity index is 671. The molecular formula is C18H17NO. The van der Waals surface area contributed by atoms with Gasteiger partial charge in [-0.05, 0) is 55.0 Å². The highest BCUT2D eigenvalue weighted by atomic mass is 16.1. The number of aromatic nitrogens is 1. The van der Waals surface area contributed by atoms with Gasteiger partial charge in [0, 0.05) is 11.3 Å². The SMILES string of the molecule is Cc1nc2c(cc1C=O)CCCC2=Cc1ccccc1. The van der Waals surface area contributed by atoms with Crippen molar-refractivity contribution < 1.29 is 4.79 Å². The van der Waals surface area contributed by atoms with E-state index in [1.54, 1.807) is 0 Å². The second-order valence-electron chi connectivity index (χ2n) is 5.22. The third-order valence-electron chi connectivity index (χ3n) is 3.80. The minimum Gasteiger partial charge on any atom is -0.298 e. The molecule has 0 bridgehead atoms. The zero-order valence-corrected chi connectivity index (χ0v) is 11.6. The summed E-state index contributed by atoms with van der Waals surface area (Å²) >= 11 is 0. The molecule has 0 fully saturated rings. The van der Waals surface area contributed by atoms with Gasteiger partial charge < -0.3 is 0 Å². The molecule has 1 heterocycles. The topological polar surface area (TPSA) is 30.0 Å². The van der Waals surface area contributed by atoms with E-state index in [0.29, 0.717) is 5.56 Å². The fraction of sp³-hybridized carbons (Fsp3) is 0.222. The summed E-state index contributed by atoms with van der Waals surface area (Å²) < 4.78 is 0. The molecule has 0 saturated carbocycles. The predicted octanol–water partition coefficient (Wildman–Crippen LogP) is 4.08. The van der Waals surface area contributed by atoms with E-state index in [0.717, 1.165) is 36.9 Å². The van der Waals surface area contributed by atoms with Gasteiger partial charge in [0.1, 0.15) is 0 Å². The molecule has 1 aromatic carbocycles. The number of carbonyl (C=O) groups excluding carboxylic acids is 1. The molecule has 0 unspecified atom stereocenters. The maximum absolute atomic E-state index is 11.0. The maximum atomic E-state index is 11.0. The lowest BCUT2D eigenvalue weighted by atomic mass is 9.89. The first-order chi connectivity index (χ1) is 9.78. The largest absolute Gasteiger partial charge is 0.298 e. The van der Waals surface area contributed by atoms with Gasteiger partial charge in [-0.15, -0.1) is 0 Å². The fourth-order valence-corrected chi connectivity index (χ4v) is 2.73. The molecule has 3 rings (SSSR count). The molecule has 2 heteroatoms. The van der Waals surface area contributed by atoms with Gasteiger partial charge in [0.25, 0.3) is 0 Å². The number of aryl methyl sites for hydroxylation is 2. The first kappa shape index (κ1) is 12.8. The lowest BCUT2D eigenvalue weighted by molar-refractivity contribution is 0.112. The molecule has 0 spiro atoms. The van der Waals surface area contributed by atoms with Crippen molar-refractivity contribution in [3.63, 3.8) is 0 Å². The van der Waals surface area contributed by atoms with Gasteiger partial charge in [-0.25, -0.2) is 0 Å². The minimum atomic E-state index is 0.713. The average molecular weight is 263 g/mol. The second kappa shape index (κ2) is 5.41. The number of hydrogen-bond donors (Lipinski definition) is 0. The Morgan fingerprint density at radius 3 is 2.70 bits per heavy atom. The molecule has 0 N–H and O–H groups in total. The Kier molecular flexibility index (Phi) is 3.46. The molecule has 100 valence electrons. The van der Waals surface area contributed by atoms with Crippen molar-refractivity contribution in [1.82, 2.24) is 4.98 Å². The normalized spacial score (nSPS) is 15.9. The Balaban J connectivity index is 2.08. The molecule has 2 nitrogen and oxygen atoms in total. The number of pyridine rings is 1. The Hall–Kier alpha value is -2.22. The van der Waals surface area contributed by atoms with E-state index in [1.165, 1.54) is 16.7 Å². The van der Waals surface area contributed by atoms with E-state index in [2.05, 4.69) is 23.2 Å². The van der Waals surface area contributed by atoms with Crippen LogP contribution in [0.25, 0.3) is 11.6 Å². The van der Waals surface area contributed by atoms with Crippen molar-refractivity contribution in [2.75, 3.05) is 0 Å². The van der Waals surface area contributed by atoms with Crippen LogP contribution in [0, 0.1) is 6.92 Å². The lowest BCUT2D eigenvalue weighted by Gasteiger charge is -2.19. The molecule has 0 saturated heterocycles. The number of nitrogens with zero attached hydrogens (tertiary/aromatic N) is 1. The monoisotopic (exact) mass is 263 g/mol. The van der Waals surface area contributed by atoms with Gasteiger partial charge in [-0.1, -0.05) is 30.3 Å². The van der Waals surface area contributed by atoms with E-state index < -0.39 is 0 Å². The first-order valence-corrected chi connectivity index (χ1v) is 6.99. The van der Waals surface area contributed by atoms with Crippen LogP contribution in [-0.4, -0.2) is 11.3 Å². The second-order valence-corrected chi connectivity index (χ2v) is 5.22. The van der Waals surface area contributed by atoms with Crippen molar-refractivity contribution in [3.8, 4) is 0 Å². The van der Waals surface area contributed by atoms with Crippen molar-refractivity contribution in [2.24, 2.45) is 0 Å². The summed E-state index contributed by atoms with van der Waals surface area (Å²) in [6.07, 6.45) is 6.29. The Labute approximate surface area is 119 Å². The van der Waals surface area contributed by atoms with Crippen LogP contribution in [0.5, 0.6) is 0 Å². The van der Waals surface area contributed by atoms with Gasteiger partial charge >= 0.3 is 0 Å². The zero-order valence-electron chi connectivity index (χ0n) is 11.6. The molecule has 0 radical (unpaired) electrons. The predicted molar refractivity (Wildman–Crippen MR) is 81.6 cm³/mol. The van der Waals surface area contributed by atoms with E-state index in [9.17, 15) is 4.79 Å². The van der Waals surface area contributed by atoms with Crippen molar-refractivity contribution in [2.45, 2.75) is 26.2 Å². The lowest BCUT2D eigenvalue weighted by Crippen LogP contribution is -2.07. The van der Waals surface area contributed by atoms with Crippen LogP contribution >= 0.6 is 0 Å². The van der Waals surface area contributed by atoms with Gasteiger partial charge in [0.15, 0.2) is 6.29 Å². The summed E-state index contributed by atoms with van der Waals surface area (Å²) in [5.41, 5.74) is 6.28. The third kappa shape index (κ3) is 2.42. The highest BCUT2D eigenvalue weighted by Crippen LogP contribution is 2.31. The Morgan fingerprint density at radius 2 is 1.95 bits per heavy atom. The number of benzene rings is 1. The van der Waals surface area contributed by atoms with Crippen LogP contribution in [0.4, 0.5) is 0 Å². The van der Waals surface area contributed by atoms with Crippen LogP contribution in [0.15, 0.2) is 36.4 Å². The maximum Gasteiger partial charge on any atom is 0.151 e. The number of carbonyl (C=O) groups is 1. The summed E-state index contributed by atoms with van der Waals surface area (Å²) in [5, 5.41) is 0. The number of hydrogen-bond acceptors (Lipinski definition) is 2. The summed E-state index contributed by atoms with van der Waals surface area (Å²) in [6.45, 7) is 1.90. The van der Waals surface area contributed by atoms with Crippen LogP contribution in [0.1, 0.15) is 45.7 Å². The van der Waals surface area contributed by atoms with Gasteiger partial charge in [0.2, 0.25) is 0 Å².